The zero-order valence-electron chi connectivity index (χ0n) is 9.36. The standard InChI is InChI=1S/C10H16BrNO4/c1-6-3-4-8(16-6)9(13)12-5-7(11)10(14)15-2/h6-8H,3-5H2,1-2H3,(H,12,13). The van der Waals surface area contributed by atoms with E-state index in [0.717, 1.165) is 12.8 Å². The number of halogens is 1. The number of methoxy groups -OCH3 is 1. The molecule has 1 aliphatic heterocycles. The predicted molar refractivity (Wildman–Crippen MR) is 61.3 cm³/mol. The molecule has 3 atom stereocenters. The molecule has 1 fully saturated rings. The maximum atomic E-state index is 11.6. The van der Waals surface area contributed by atoms with Crippen molar-refractivity contribution in [3.05, 3.63) is 0 Å². The molecule has 0 radical (unpaired) electrons. The molecule has 1 rings (SSSR count). The van der Waals surface area contributed by atoms with Crippen LogP contribution in [0.3, 0.4) is 0 Å². The zero-order chi connectivity index (χ0) is 12.1. The van der Waals surface area contributed by atoms with Gasteiger partial charge in [0.05, 0.1) is 13.2 Å². The molecule has 0 saturated carbocycles. The smallest absolute Gasteiger partial charge is 0.321 e. The second-order valence-electron chi connectivity index (χ2n) is 3.75. The summed E-state index contributed by atoms with van der Waals surface area (Å²) in [5.41, 5.74) is 0. The molecule has 0 spiro atoms. The van der Waals surface area contributed by atoms with E-state index in [1.165, 1.54) is 7.11 Å². The average Bonchev–Trinajstić information content (AvgIpc) is 2.71. The van der Waals surface area contributed by atoms with Gasteiger partial charge in [0.25, 0.3) is 0 Å². The van der Waals surface area contributed by atoms with Gasteiger partial charge >= 0.3 is 5.97 Å². The lowest BCUT2D eigenvalue weighted by atomic mass is 10.2. The van der Waals surface area contributed by atoms with Crippen molar-refractivity contribution >= 4 is 27.8 Å². The van der Waals surface area contributed by atoms with Crippen molar-refractivity contribution in [3.63, 3.8) is 0 Å². The highest BCUT2D eigenvalue weighted by molar-refractivity contribution is 9.10. The fraction of sp³-hybridized carbons (Fsp3) is 0.800. The third kappa shape index (κ3) is 3.75. The van der Waals surface area contributed by atoms with Gasteiger partial charge in [-0.05, 0) is 19.8 Å². The molecule has 0 aromatic rings. The maximum absolute atomic E-state index is 11.6. The molecule has 92 valence electrons. The molecule has 1 saturated heterocycles. The molecule has 1 amide bonds. The Bertz CT molecular complexity index is 272. The minimum atomic E-state index is -0.514. The van der Waals surface area contributed by atoms with E-state index in [0.29, 0.717) is 0 Å². The highest BCUT2D eigenvalue weighted by Gasteiger charge is 2.28. The molecule has 5 nitrogen and oxygen atoms in total. The van der Waals surface area contributed by atoms with Gasteiger partial charge in [-0.1, -0.05) is 15.9 Å². The van der Waals surface area contributed by atoms with E-state index >= 15 is 0 Å². The van der Waals surface area contributed by atoms with Crippen molar-refractivity contribution < 1.29 is 19.1 Å². The van der Waals surface area contributed by atoms with Gasteiger partial charge in [0.15, 0.2) is 0 Å². The predicted octanol–water partition coefficient (Wildman–Crippen LogP) is 0.607. The SMILES string of the molecule is COC(=O)C(Br)CNC(=O)C1CCC(C)O1. The van der Waals surface area contributed by atoms with Gasteiger partial charge in [0.1, 0.15) is 10.9 Å². The van der Waals surface area contributed by atoms with Crippen LogP contribution in [0.1, 0.15) is 19.8 Å². The number of nitrogens with one attached hydrogen (secondary N) is 1. The second-order valence-corrected chi connectivity index (χ2v) is 4.85. The molecule has 0 aliphatic carbocycles. The van der Waals surface area contributed by atoms with Crippen LogP contribution in [0.2, 0.25) is 0 Å². The first-order valence-electron chi connectivity index (χ1n) is 5.19. The monoisotopic (exact) mass is 293 g/mol. The van der Waals surface area contributed by atoms with Gasteiger partial charge in [0, 0.05) is 6.54 Å². The van der Waals surface area contributed by atoms with E-state index in [1.54, 1.807) is 0 Å². The van der Waals surface area contributed by atoms with Gasteiger partial charge in [0.2, 0.25) is 5.91 Å². The van der Waals surface area contributed by atoms with Crippen LogP contribution in [0.25, 0.3) is 0 Å². The van der Waals surface area contributed by atoms with Crippen molar-refractivity contribution in [2.24, 2.45) is 0 Å². The van der Waals surface area contributed by atoms with Crippen LogP contribution in [0.15, 0.2) is 0 Å². The highest BCUT2D eigenvalue weighted by atomic mass is 79.9. The molecule has 16 heavy (non-hydrogen) atoms. The number of amides is 1. The lowest BCUT2D eigenvalue weighted by molar-refractivity contribution is -0.139. The number of hydrogen-bond acceptors (Lipinski definition) is 4. The lowest BCUT2D eigenvalue weighted by Crippen LogP contribution is -2.39. The Labute approximate surface area is 103 Å². The number of carbonyl (C=O) groups excluding carboxylic acids is 2. The van der Waals surface area contributed by atoms with Crippen LogP contribution in [0.4, 0.5) is 0 Å². The third-order valence-corrected chi connectivity index (χ3v) is 3.13. The Hall–Kier alpha value is -0.620. The summed E-state index contributed by atoms with van der Waals surface area (Å²) >= 11 is 3.12. The summed E-state index contributed by atoms with van der Waals surface area (Å²) in [5, 5.41) is 2.65. The quantitative estimate of drug-likeness (QED) is 0.609. The molecule has 1 aliphatic rings. The molecule has 0 aromatic carbocycles. The van der Waals surface area contributed by atoms with Crippen molar-refractivity contribution in [2.75, 3.05) is 13.7 Å². The number of rotatable bonds is 4. The minimum Gasteiger partial charge on any atom is -0.468 e. The first-order valence-corrected chi connectivity index (χ1v) is 6.11. The number of carbonyl (C=O) groups is 2. The summed E-state index contributed by atoms with van der Waals surface area (Å²) in [4.78, 5) is 22.1. The van der Waals surface area contributed by atoms with Gasteiger partial charge in [-0.2, -0.15) is 0 Å². The summed E-state index contributed by atoms with van der Waals surface area (Å²) in [6, 6.07) is 0. The van der Waals surface area contributed by atoms with E-state index in [1.807, 2.05) is 6.92 Å². The van der Waals surface area contributed by atoms with Crippen molar-refractivity contribution in [1.29, 1.82) is 0 Å². The second kappa shape index (κ2) is 6.20. The largest absolute Gasteiger partial charge is 0.468 e. The van der Waals surface area contributed by atoms with E-state index < -0.39 is 10.8 Å². The average molecular weight is 294 g/mol. The number of ether oxygens (including phenoxy) is 2. The molecular weight excluding hydrogens is 278 g/mol. The number of alkyl halides is 1. The molecule has 1 N–H and O–H groups in total. The summed E-state index contributed by atoms with van der Waals surface area (Å²) in [7, 11) is 1.31. The zero-order valence-corrected chi connectivity index (χ0v) is 11.0. The van der Waals surface area contributed by atoms with Crippen LogP contribution in [-0.4, -0.2) is 42.6 Å². The summed E-state index contributed by atoms with van der Waals surface area (Å²) < 4.78 is 9.92. The van der Waals surface area contributed by atoms with Gasteiger partial charge in [-0.25, -0.2) is 0 Å². The first-order chi connectivity index (χ1) is 7.54. The van der Waals surface area contributed by atoms with E-state index in [4.69, 9.17) is 4.74 Å². The topological polar surface area (TPSA) is 64.6 Å². The van der Waals surface area contributed by atoms with Crippen LogP contribution in [0.5, 0.6) is 0 Å². The van der Waals surface area contributed by atoms with Crippen LogP contribution in [0, 0.1) is 0 Å². The Kier molecular flexibility index (Phi) is 5.21. The lowest BCUT2D eigenvalue weighted by Gasteiger charge is -2.13. The minimum absolute atomic E-state index is 0.135. The summed E-state index contributed by atoms with van der Waals surface area (Å²) in [6.07, 6.45) is 1.38. The molecule has 6 heteroatoms. The van der Waals surface area contributed by atoms with Crippen LogP contribution in [-0.2, 0) is 19.1 Å². The normalized spacial score (nSPS) is 26.2. The fourth-order valence-electron chi connectivity index (χ4n) is 1.51. The number of hydrogen-bond donors (Lipinski definition) is 1. The van der Waals surface area contributed by atoms with Crippen molar-refractivity contribution in [2.45, 2.75) is 36.8 Å². The van der Waals surface area contributed by atoms with Gasteiger partial charge < -0.3 is 14.8 Å². The molecule has 3 unspecified atom stereocenters. The van der Waals surface area contributed by atoms with Crippen molar-refractivity contribution in [3.8, 4) is 0 Å². The first kappa shape index (κ1) is 13.4. The Morgan fingerprint density at radius 1 is 1.56 bits per heavy atom. The molecule has 0 aromatic heterocycles. The van der Waals surface area contributed by atoms with E-state index in [-0.39, 0.29) is 24.7 Å². The molecule has 1 heterocycles. The van der Waals surface area contributed by atoms with Crippen LogP contribution >= 0.6 is 15.9 Å². The fourth-order valence-corrected chi connectivity index (χ4v) is 1.86. The third-order valence-electron chi connectivity index (χ3n) is 2.44. The summed E-state index contributed by atoms with van der Waals surface area (Å²) in [6.45, 7) is 2.15. The van der Waals surface area contributed by atoms with E-state index in [9.17, 15) is 9.59 Å². The van der Waals surface area contributed by atoms with Gasteiger partial charge in [-0.15, -0.1) is 0 Å². The Morgan fingerprint density at radius 2 is 2.25 bits per heavy atom. The highest BCUT2D eigenvalue weighted by Crippen LogP contribution is 2.18. The van der Waals surface area contributed by atoms with E-state index in [2.05, 4.69) is 26.0 Å². The van der Waals surface area contributed by atoms with Crippen LogP contribution < -0.4 is 5.32 Å². The number of esters is 1. The Morgan fingerprint density at radius 3 is 2.75 bits per heavy atom. The maximum Gasteiger partial charge on any atom is 0.321 e. The van der Waals surface area contributed by atoms with Crippen molar-refractivity contribution in [1.82, 2.24) is 5.32 Å². The summed E-state index contributed by atoms with van der Waals surface area (Å²) in [5.74, 6) is -0.571. The Balaban J connectivity index is 2.27. The molecule has 0 bridgehead atoms. The van der Waals surface area contributed by atoms with Gasteiger partial charge in [-0.3, -0.25) is 9.59 Å². The molecular formula is C10H16BrNO4.